The number of amides is 2. The summed E-state index contributed by atoms with van der Waals surface area (Å²) in [4.78, 5) is 15.8. The third-order valence-electron chi connectivity index (χ3n) is 2.07. The van der Waals surface area contributed by atoms with Gasteiger partial charge in [-0.25, -0.2) is 4.79 Å². The number of rotatable bonds is 4. The van der Waals surface area contributed by atoms with Gasteiger partial charge in [0, 0.05) is 31.1 Å². The van der Waals surface area contributed by atoms with Crippen LogP contribution in [-0.2, 0) is 4.74 Å². The number of hydrogen-bond donors (Lipinski definition) is 1. The molecular weight excluding hydrogens is 198 g/mol. The molecule has 0 bridgehead atoms. The maximum Gasteiger partial charge on any atom is 0.317 e. The summed E-state index contributed by atoms with van der Waals surface area (Å²) in [6, 6.07) is -0.0702. The summed E-state index contributed by atoms with van der Waals surface area (Å²) in [5, 5.41) is 6.14. The fourth-order valence-electron chi connectivity index (χ4n) is 1.27. The number of nitrogens with one attached hydrogen (secondary N) is 1. The fraction of sp³-hybridized carbons (Fsp3) is 0.875. The van der Waals surface area contributed by atoms with Crippen LogP contribution in [0.1, 0.15) is 6.42 Å². The molecule has 0 saturated carbocycles. The second-order valence-corrected chi connectivity index (χ2v) is 3.14. The van der Waals surface area contributed by atoms with E-state index < -0.39 is 0 Å². The van der Waals surface area contributed by atoms with E-state index in [1.54, 1.807) is 4.90 Å². The molecule has 1 saturated heterocycles. The highest BCUT2D eigenvalue weighted by Crippen LogP contribution is 1.96. The van der Waals surface area contributed by atoms with Crippen molar-refractivity contribution in [2.45, 2.75) is 6.42 Å². The molecule has 0 aliphatic carbocycles. The third-order valence-corrected chi connectivity index (χ3v) is 2.07. The zero-order valence-corrected chi connectivity index (χ0v) is 8.56. The van der Waals surface area contributed by atoms with Crippen LogP contribution in [0, 0.1) is 0 Å². The number of carbonyl (C=O) groups excluding carboxylic acids is 1. The number of morpholine rings is 1. The van der Waals surface area contributed by atoms with E-state index in [1.165, 1.54) is 0 Å². The van der Waals surface area contributed by atoms with Gasteiger partial charge in [-0.2, -0.15) is 0 Å². The standard InChI is InChI=1S/C8H15N5O2/c9-12-11-3-1-2-10-8(14)13-4-6-15-7-5-13/h1-7H2,(H,10,14). The number of urea groups is 1. The van der Waals surface area contributed by atoms with E-state index in [-0.39, 0.29) is 6.03 Å². The SMILES string of the molecule is [N-]=[N+]=NCCCNC(=O)N1CCOCC1. The third kappa shape index (κ3) is 4.53. The van der Waals surface area contributed by atoms with E-state index in [1.807, 2.05) is 0 Å². The first-order chi connectivity index (χ1) is 7.34. The molecule has 15 heavy (non-hydrogen) atoms. The van der Waals surface area contributed by atoms with Gasteiger partial charge in [0.15, 0.2) is 0 Å². The molecule has 0 unspecified atom stereocenters. The van der Waals surface area contributed by atoms with Crippen LogP contribution in [0.3, 0.4) is 0 Å². The van der Waals surface area contributed by atoms with Gasteiger partial charge < -0.3 is 15.0 Å². The van der Waals surface area contributed by atoms with Crippen molar-refractivity contribution >= 4 is 6.03 Å². The van der Waals surface area contributed by atoms with Crippen molar-refractivity contribution in [1.82, 2.24) is 10.2 Å². The van der Waals surface area contributed by atoms with E-state index >= 15 is 0 Å². The molecule has 2 amide bonds. The molecule has 7 heteroatoms. The van der Waals surface area contributed by atoms with E-state index in [0.717, 1.165) is 0 Å². The van der Waals surface area contributed by atoms with E-state index in [4.69, 9.17) is 10.3 Å². The first kappa shape index (κ1) is 11.6. The lowest BCUT2D eigenvalue weighted by molar-refractivity contribution is 0.0532. The second-order valence-electron chi connectivity index (χ2n) is 3.14. The molecule has 1 fully saturated rings. The highest BCUT2D eigenvalue weighted by molar-refractivity contribution is 5.74. The highest BCUT2D eigenvalue weighted by Gasteiger charge is 2.15. The molecule has 84 valence electrons. The van der Waals surface area contributed by atoms with Crippen LogP contribution in [0.15, 0.2) is 5.11 Å². The van der Waals surface area contributed by atoms with Crippen molar-refractivity contribution in [3.05, 3.63) is 10.4 Å². The Kier molecular flexibility index (Phi) is 5.35. The summed E-state index contributed by atoms with van der Waals surface area (Å²) in [6.07, 6.45) is 0.667. The molecule has 0 aromatic carbocycles. The van der Waals surface area contributed by atoms with Gasteiger partial charge in [0.05, 0.1) is 13.2 Å². The predicted molar refractivity (Wildman–Crippen MR) is 54.4 cm³/mol. The lowest BCUT2D eigenvalue weighted by Gasteiger charge is -2.26. The van der Waals surface area contributed by atoms with E-state index in [2.05, 4.69) is 15.3 Å². The smallest absolute Gasteiger partial charge is 0.317 e. The van der Waals surface area contributed by atoms with Crippen LogP contribution in [0.4, 0.5) is 4.79 Å². The Morgan fingerprint density at radius 2 is 2.27 bits per heavy atom. The van der Waals surface area contributed by atoms with Gasteiger partial charge in [-0.15, -0.1) is 0 Å². The molecule has 1 heterocycles. The maximum absolute atomic E-state index is 11.5. The first-order valence-corrected chi connectivity index (χ1v) is 4.96. The summed E-state index contributed by atoms with van der Waals surface area (Å²) in [6.45, 7) is 3.44. The van der Waals surface area contributed by atoms with E-state index in [0.29, 0.717) is 45.8 Å². The molecular formula is C8H15N5O2. The Bertz CT molecular complexity index is 245. The highest BCUT2D eigenvalue weighted by atomic mass is 16.5. The predicted octanol–water partition coefficient (Wildman–Crippen LogP) is 0.729. The number of carbonyl (C=O) groups is 1. The number of ether oxygens (including phenoxy) is 1. The number of azide groups is 1. The quantitative estimate of drug-likeness (QED) is 0.323. The van der Waals surface area contributed by atoms with Gasteiger partial charge in [-0.3, -0.25) is 0 Å². The lowest BCUT2D eigenvalue weighted by atomic mass is 10.4. The normalized spacial score (nSPS) is 15.6. The van der Waals surface area contributed by atoms with Crippen LogP contribution < -0.4 is 5.32 Å². The Morgan fingerprint density at radius 1 is 1.53 bits per heavy atom. The zero-order valence-electron chi connectivity index (χ0n) is 8.56. The van der Waals surface area contributed by atoms with Crippen LogP contribution in [0.2, 0.25) is 0 Å². The Morgan fingerprint density at radius 3 is 2.93 bits per heavy atom. The van der Waals surface area contributed by atoms with Gasteiger partial charge >= 0.3 is 6.03 Å². The maximum atomic E-state index is 11.5. The summed E-state index contributed by atoms with van der Waals surface area (Å²) >= 11 is 0. The molecule has 7 nitrogen and oxygen atoms in total. The Labute approximate surface area is 88.0 Å². The van der Waals surface area contributed by atoms with Crippen LogP contribution in [0.25, 0.3) is 10.4 Å². The van der Waals surface area contributed by atoms with Crippen molar-refractivity contribution < 1.29 is 9.53 Å². The second kappa shape index (κ2) is 6.92. The average molecular weight is 213 g/mol. The van der Waals surface area contributed by atoms with E-state index in [9.17, 15) is 4.79 Å². The van der Waals surface area contributed by atoms with Crippen molar-refractivity contribution in [1.29, 1.82) is 0 Å². The minimum atomic E-state index is -0.0702. The minimum absolute atomic E-state index is 0.0702. The Balaban J connectivity index is 2.09. The summed E-state index contributed by atoms with van der Waals surface area (Å²) in [5.74, 6) is 0. The average Bonchev–Trinajstić information content (AvgIpc) is 2.30. The molecule has 1 aliphatic heterocycles. The van der Waals surface area contributed by atoms with Gasteiger partial charge in [0.1, 0.15) is 0 Å². The van der Waals surface area contributed by atoms with Crippen molar-refractivity contribution in [2.75, 3.05) is 39.4 Å². The molecule has 1 aliphatic rings. The fourth-order valence-corrected chi connectivity index (χ4v) is 1.27. The van der Waals surface area contributed by atoms with Crippen LogP contribution >= 0.6 is 0 Å². The molecule has 1 rings (SSSR count). The summed E-state index contributed by atoms with van der Waals surface area (Å²) < 4.78 is 5.13. The molecule has 0 radical (unpaired) electrons. The van der Waals surface area contributed by atoms with Gasteiger partial charge in [-0.05, 0) is 12.0 Å². The molecule has 1 N–H and O–H groups in total. The topological polar surface area (TPSA) is 90.3 Å². The van der Waals surface area contributed by atoms with Crippen LogP contribution in [-0.4, -0.2) is 50.3 Å². The number of nitrogens with zero attached hydrogens (tertiary/aromatic N) is 4. The molecule has 0 spiro atoms. The lowest BCUT2D eigenvalue weighted by Crippen LogP contribution is -2.46. The van der Waals surface area contributed by atoms with Crippen molar-refractivity contribution in [2.24, 2.45) is 5.11 Å². The van der Waals surface area contributed by atoms with Gasteiger partial charge in [-0.1, -0.05) is 5.11 Å². The molecule has 0 atom stereocenters. The summed E-state index contributed by atoms with van der Waals surface area (Å²) in [7, 11) is 0. The Hall–Kier alpha value is -1.46. The largest absolute Gasteiger partial charge is 0.378 e. The van der Waals surface area contributed by atoms with Crippen molar-refractivity contribution in [3.8, 4) is 0 Å². The molecule has 0 aromatic rings. The monoisotopic (exact) mass is 213 g/mol. The summed E-state index contributed by atoms with van der Waals surface area (Å²) in [5.41, 5.74) is 8.03. The van der Waals surface area contributed by atoms with Crippen molar-refractivity contribution in [3.63, 3.8) is 0 Å². The number of hydrogen-bond acceptors (Lipinski definition) is 3. The minimum Gasteiger partial charge on any atom is -0.378 e. The molecule has 0 aromatic heterocycles. The zero-order chi connectivity index (χ0) is 10.9. The first-order valence-electron chi connectivity index (χ1n) is 4.96. The van der Waals surface area contributed by atoms with Gasteiger partial charge in [0.2, 0.25) is 0 Å². The van der Waals surface area contributed by atoms with Gasteiger partial charge in [0.25, 0.3) is 0 Å². The van der Waals surface area contributed by atoms with Crippen LogP contribution in [0.5, 0.6) is 0 Å².